The molecule has 0 aromatic rings. The van der Waals surface area contributed by atoms with Gasteiger partial charge in [0.05, 0.1) is 18.8 Å². The Labute approximate surface area is 534 Å². The minimum Gasteiger partial charge on any atom is -0.394 e. The number of carbonyl (C=O) groups excluding carboxylic acids is 1. The van der Waals surface area contributed by atoms with Gasteiger partial charge in [0.2, 0.25) is 5.91 Å². The minimum atomic E-state index is -0.661. The summed E-state index contributed by atoms with van der Waals surface area (Å²) in [6.07, 6.45) is 109. The van der Waals surface area contributed by atoms with Crippen LogP contribution in [0.2, 0.25) is 0 Å². The van der Waals surface area contributed by atoms with Gasteiger partial charge in [-0.2, -0.15) is 0 Å². The van der Waals surface area contributed by atoms with E-state index in [-0.39, 0.29) is 12.5 Å². The summed E-state index contributed by atoms with van der Waals surface area (Å²) in [5.74, 6) is -0.0218. The number of amides is 1. The fraction of sp³-hybridized carbons (Fsp3) is 0.864. The van der Waals surface area contributed by atoms with Gasteiger partial charge in [0, 0.05) is 6.42 Å². The highest BCUT2D eigenvalue weighted by atomic mass is 16.3. The Morgan fingerprint density at radius 2 is 0.518 bits per heavy atom. The minimum absolute atomic E-state index is 0.0218. The van der Waals surface area contributed by atoms with E-state index in [0.717, 1.165) is 57.8 Å². The number of aliphatic hydroxyl groups excluding tert-OH is 2. The van der Waals surface area contributed by atoms with Crippen molar-refractivity contribution in [2.45, 2.75) is 443 Å². The molecule has 4 heteroatoms. The lowest BCUT2D eigenvalue weighted by molar-refractivity contribution is -0.123. The Bertz CT molecular complexity index is 1400. The van der Waals surface area contributed by atoms with Crippen LogP contribution >= 0.6 is 0 Å². The van der Waals surface area contributed by atoms with Gasteiger partial charge in [-0.15, -0.1) is 0 Å². The smallest absolute Gasteiger partial charge is 0.220 e. The molecular weight excluding hydrogens is 1030 g/mol. The van der Waals surface area contributed by atoms with E-state index in [2.05, 4.69) is 79.9 Å². The van der Waals surface area contributed by atoms with Gasteiger partial charge in [0.1, 0.15) is 0 Å². The molecule has 0 heterocycles. The molecule has 0 aliphatic rings. The van der Waals surface area contributed by atoms with Gasteiger partial charge in [0.25, 0.3) is 0 Å². The maximum absolute atomic E-state index is 12.6. The molecule has 85 heavy (non-hydrogen) atoms. The molecule has 0 rings (SSSR count). The summed E-state index contributed by atoms with van der Waals surface area (Å²) < 4.78 is 0. The molecule has 4 nitrogen and oxygen atoms in total. The van der Waals surface area contributed by atoms with Crippen molar-refractivity contribution >= 4 is 5.91 Å². The van der Waals surface area contributed by atoms with Crippen LogP contribution < -0.4 is 5.32 Å². The van der Waals surface area contributed by atoms with Gasteiger partial charge in [-0.25, -0.2) is 0 Å². The molecule has 0 aromatic carbocycles. The summed E-state index contributed by atoms with van der Waals surface area (Å²) >= 11 is 0. The van der Waals surface area contributed by atoms with Crippen molar-refractivity contribution in [3.05, 3.63) is 60.8 Å². The lowest BCUT2D eigenvalue weighted by Gasteiger charge is -2.22. The average Bonchev–Trinajstić information content (AvgIpc) is 3.51. The van der Waals surface area contributed by atoms with Crippen molar-refractivity contribution in [3.63, 3.8) is 0 Å². The van der Waals surface area contributed by atoms with E-state index in [1.807, 2.05) is 0 Å². The molecule has 0 aliphatic heterocycles. The van der Waals surface area contributed by atoms with Crippen molar-refractivity contribution in [1.29, 1.82) is 0 Å². The fourth-order valence-corrected chi connectivity index (χ4v) is 12.5. The summed E-state index contributed by atoms with van der Waals surface area (Å²) in [7, 11) is 0. The molecule has 0 radical (unpaired) electrons. The summed E-state index contributed by atoms with van der Waals surface area (Å²) in [6.45, 7) is 4.29. The molecule has 0 fully saturated rings. The molecule has 0 saturated heterocycles. The van der Waals surface area contributed by atoms with E-state index in [4.69, 9.17) is 0 Å². The van der Waals surface area contributed by atoms with E-state index < -0.39 is 12.1 Å². The maximum Gasteiger partial charge on any atom is 0.220 e. The Hall–Kier alpha value is -1.91. The van der Waals surface area contributed by atoms with Crippen molar-refractivity contribution < 1.29 is 15.0 Å². The highest BCUT2D eigenvalue weighted by molar-refractivity contribution is 5.76. The lowest BCUT2D eigenvalue weighted by atomic mass is 10.0. The van der Waals surface area contributed by atoms with Crippen LogP contribution in [0.4, 0.5) is 0 Å². The number of unbranched alkanes of at least 4 members (excludes halogenated alkanes) is 56. The third kappa shape index (κ3) is 72.7. The molecule has 3 N–H and O–H groups in total. The van der Waals surface area contributed by atoms with Crippen LogP contribution in [-0.4, -0.2) is 34.9 Å². The molecule has 2 unspecified atom stereocenters. The number of hydrogen-bond acceptors (Lipinski definition) is 3. The zero-order chi connectivity index (χ0) is 61.2. The van der Waals surface area contributed by atoms with Crippen LogP contribution in [0.15, 0.2) is 60.8 Å². The monoisotopic (exact) mass is 1190 g/mol. The van der Waals surface area contributed by atoms with Gasteiger partial charge in [-0.3, -0.25) is 4.79 Å². The Balaban J connectivity index is 3.37. The van der Waals surface area contributed by atoms with E-state index >= 15 is 0 Å². The molecule has 1 amide bonds. The van der Waals surface area contributed by atoms with Crippen LogP contribution in [0, 0.1) is 0 Å². The number of rotatable bonds is 73. The predicted octanol–water partition coefficient (Wildman–Crippen LogP) is 27.0. The Morgan fingerprint density at radius 3 is 0.776 bits per heavy atom. The third-order valence-electron chi connectivity index (χ3n) is 18.3. The average molecular weight is 1190 g/mol. The van der Waals surface area contributed by atoms with Gasteiger partial charge >= 0.3 is 0 Å². The third-order valence-corrected chi connectivity index (χ3v) is 18.3. The molecular formula is C81H153NO3. The molecule has 500 valence electrons. The summed E-state index contributed by atoms with van der Waals surface area (Å²) in [5.41, 5.74) is 0. The standard InChI is InChI=1S/C81H153NO3/c1-3-5-7-9-11-13-15-17-19-21-23-25-27-29-31-33-35-37-38-39-40-41-42-43-44-45-47-49-51-53-55-57-59-61-63-65-67-69-71-73-75-77-81(85)82-79(78-83)80(84)76-74-72-70-68-66-64-62-60-58-56-54-52-50-48-46-36-34-32-30-28-26-24-22-20-18-16-14-12-10-8-6-4-2/h5,7,11,13,17,19,23,25,29,31,79-80,83-84H,3-4,6,8-10,12,14-16,18,20-22,24,26-28,30,32-78H2,1-2H3,(H,82,85)/b7-5-,13-11-,19-17-,25-23-,31-29-. The largest absolute Gasteiger partial charge is 0.394 e. The number of aliphatic hydroxyl groups is 2. The van der Waals surface area contributed by atoms with Gasteiger partial charge in [-0.1, -0.05) is 428 Å². The molecule has 0 aliphatic carbocycles. The van der Waals surface area contributed by atoms with Crippen LogP contribution in [-0.2, 0) is 4.79 Å². The Morgan fingerprint density at radius 1 is 0.294 bits per heavy atom. The Kier molecular flexibility index (Phi) is 74.6. The second-order valence-electron chi connectivity index (χ2n) is 26.8. The van der Waals surface area contributed by atoms with Crippen LogP contribution in [0.3, 0.4) is 0 Å². The quantitative estimate of drug-likeness (QED) is 0.0420. The first kappa shape index (κ1) is 83.1. The van der Waals surface area contributed by atoms with E-state index in [1.165, 1.54) is 347 Å². The van der Waals surface area contributed by atoms with E-state index in [1.54, 1.807) is 0 Å². The zero-order valence-electron chi connectivity index (χ0n) is 57.9. The fourth-order valence-electron chi connectivity index (χ4n) is 12.5. The first-order valence-corrected chi connectivity index (χ1v) is 39.0. The highest BCUT2D eigenvalue weighted by Crippen LogP contribution is 2.20. The van der Waals surface area contributed by atoms with Crippen LogP contribution in [0.1, 0.15) is 431 Å². The lowest BCUT2D eigenvalue weighted by Crippen LogP contribution is -2.45. The van der Waals surface area contributed by atoms with E-state index in [0.29, 0.717) is 12.8 Å². The maximum atomic E-state index is 12.6. The van der Waals surface area contributed by atoms with Crippen molar-refractivity contribution in [2.75, 3.05) is 6.61 Å². The van der Waals surface area contributed by atoms with Crippen LogP contribution in [0.5, 0.6) is 0 Å². The topological polar surface area (TPSA) is 69.6 Å². The number of allylic oxidation sites excluding steroid dienone is 10. The second kappa shape index (κ2) is 76.3. The van der Waals surface area contributed by atoms with E-state index in [9.17, 15) is 15.0 Å². The predicted molar refractivity (Wildman–Crippen MR) is 382 cm³/mol. The summed E-state index contributed by atoms with van der Waals surface area (Å²) in [6, 6.07) is -0.538. The summed E-state index contributed by atoms with van der Waals surface area (Å²) in [4.78, 5) is 12.6. The molecule has 0 saturated carbocycles. The molecule has 0 spiro atoms. The first-order chi connectivity index (χ1) is 42.2. The summed E-state index contributed by atoms with van der Waals surface area (Å²) in [5, 5.41) is 23.5. The van der Waals surface area contributed by atoms with Gasteiger partial charge in [-0.05, 0) is 57.8 Å². The highest BCUT2D eigenvalue weighted by Gasteiger charge is 2.20. The first-order valence-electron chi connectivity index (χ1n) is 39.0. The number of hydrogen-bond donors (Lipinski definition) is 3. The van der Waals surface area contributed by atoms with Crippen molar-refractivity contribution in [3.8, 4) is 0 Å². The molecule has 0 bridgehead atoms. The normalized spacial score (nSPS) is 12.9. The van der Waals surface area contributed by atoms with Gasteiger partial charge < -0.3 is 15.5 Å². The molecule has 0 aromatic heterocycles. The number of nitrogens with one attached hydrogen (secondary N) is 1. The van der Waals surface area contributed by atoms with Gasteiger partial charge in [0.15, 0.2) is 0 Å². The zero-order valence-corrected chi connectivity index (χ0v) is 57.9. The van der Waals surface area contributed by atoms with Crippen LogP contribution in [0.25, 0.3) is 0 Å². The SMILES string of the molecule is CC/C=C\C/C=C\C/C=C\C/C=C\C/C=C\CCCCCCCCCCCCCCCCCCCCCCCCCCCC(=O)NC(CO)C(O)CCCCCCCCCCCCCCCCCCCCCCCCCCCCCCCCCC. The van der Waals surface area contributed by atoms with Crippen molar-refractivity contribution in [2.24, 2.45) is 0 Å². The van der Waals surface area contributed by atoms with Crippen molar-refractivity contribution in [1.82, 2.24) is 5.32 Å². The number of carbonyl (C=O) groups is 1. The second-order valence-corrected chi connectivity index (χ2v) is 26.8. The molecule has 2 atom stereocenters.